The molecule has 4 nitrogen and oxygen atoms in total. The van der Waals surface area contributed by atoms with E-state index in [1.165, 1.54) is 31.4 Å². The van der Waals surface area contributed by atoms with Crippen molar-refractivity contribution in [3.63, 3.8) is 0 Å². The second-order valence-electron chi connectivity index (χ2n) is 6.06. The highest BCUT2D eigenvalue weighted by Gasteiger charge is 2.41. The van der Waals surface area contributed by atoms with Crippen LogP contribution in [0.1, 0.15) is 12.8 Å². The first-order chi connectivity index (χ1) is 9.27. The van der Waals surface area contributed by atoms with Gasteiger partial charge < -0.3 is 14.8 Å². The third-order valence-corrected chi connectivity index (χ3v) is 4.82. The summed E-state index contributed by atoms with van der Waals surface area (Å²) in [5.41, 5.74) is 2.83. The molecule has 2 aliphatic heterocycles. The van der Waals surface area contributed by atoms with Crippen molar-refractivity contribution in [3.8, 4) is 0 Å². The van der Waals surface area contributed by atoms with Crippen molar-refractivity contribution in [2.75, 3.05) is 31.1 Å². The van der Waals surface area contributed by atoms with Gasteiger partial charge in [-0.1, -0.05) is 12.1 Å². The van der Waals surface area contributed by atoms with E-state index in [0.717, 1.165) is 24.6 Å². The van der Waals surface area contributed by atoms with Crippen molar-refractivity contribution < 1.29 is 0 Å². The number of anilines is 1. The summed E-state index contributed by atoms with van der Waals surface area (Å²) in [4.78, 5) is 7.28. The van der Waals surface area contributed by atoms with Crippen molar-refractivity contribution in [1.82, 2.24) is 14.9 Å². The molecule has 2 aromatic rings. The maximum atomic E-state index is 4.82. The fourth-order valence-corrected chi connectivity index (χ4v) is 3.67. The molecule has 4 rings (SSSR count). The van der Waals surface area contributed by atoms with E-state index in [0.29, 0.717) is 5.41 Å². The highest BCUT2D eigenvalue weighted by atomic mass is 15.3. The van der Waals surface area contributed by atoms with E-state index >= 15 is 0 Å². The number of aromatic nitrogens is 2. The van der Waals surface area contributed by atoms with Gasteiger partial charge in [-0.2, -0.15) is 0 Å². The Morgan fingerprint density at radius 1 is 1.26 bits per heavy atom. The molecule has 19 heavy (non-hydrogen) atoms. The fraction of sp³-hybridized carbons (Fsp3) is 0.533. The van der Waals surface area contributed by atoms with E-state index in [4.69, 9.17) is 4.98 Å². The van der Waals surface area contributed by atoms with Gasteiger partial charge in [-0.25, -0.2) is 4.98 Å². The van der Waals surface area contributed by atoms with E-state index in [1.807, 2.05) is 0 Å². The van der Waals surface area contributed by atoms with Gasteiger partial charge in [-0.05, 0) is 31.5 Å². The van der Waals surface area contributed by atoms with Crippen LogP contribution < -0.4 is 10.2 Å². The predicted octanol–water partition coefficient (Wildman–Crippen LogP) is 1.76. The largest absolute Gasteiger partial charge is 0.342 e. The molecule has 100 valence electrons. The Labute approximate surface area is 113 Å². The summed E-state index contributed by atoms with van der Waals surface area (Å²) >= 11 is 0. The molecule has 0 amide bonds. The average Bonchev–Trinajstić information content (AvgIpc) is 3.13. The smallest absolute Gasteiger partial charge is 0.206 e. The molecule has 1 unspecified atom stereocenters. The number of aryl methyl sites for hydroxylation is 1. The first kappa shape index (κ1) is 11.3. The molecule has 0 radical (unpaired) electrons. The highest BCUT2D eigenvalue weighted by Crippen LogP contribution is 2.38. The van der Waals surface area contributed by atoms with Crippen molar-refractivity contribution in [2.24, 2.45) is 12.5 Å². The van der Waals surface area contributed by atoms with Crippen LogP contribution in [0, 0.1) is 5.41 Å². The molecule has 0 bridgehead atoms. The van der Waals surface area contributed by atoms with Crippen LogP contribution in [0.25, 0.3) is 11.0 Å². The summed E-state index contributed by atoms with van der Waals surface area (Å²) < 4.78 is 2.23. The third-order valence-electron chi connectivity index (χ3n) is 4.82. The first-order valence-corrected chi connectivity index (χ1v) is 7.15. The molecule has 2 aliphatic rings. The number of nitrogens with one attached hydrogen (secondary N) is 1. The molecular weight excluding hydrogens is 236 g/mol. The van der Waals surface area contributed by atoms with Gasteiger partial charge in [0.2, 0.25) is 5.95 Å². The molecule has 1 aromatic heterocycles. The molecule has 3 heterocycles. The van der Waals surface area contributed by atoms with Gasteiger partial charge in [0.1, 0.15) is 0 Å². The van der Waals surface area contributed by atoms with Crippen molar-refractivity contribution in [3.05, 3.63) is 24.3 Å². The SMILES string of the molecule is Cn1c(N2CCC3(CCNC3)C2)nc2ccccc21. The topological polar surface area (TPSA) is 33.1 Å². The standard InChI is InChI=1S/C15H20N4/c1-18-13-5-3-2-4-12(13)17-14(18)19-9-7-15(11-19)6-8-16-10-15/h2-5,16H,6-11H2,1H3. The summed E-state index contributed by atoms with van der Waals surface area (Å²) in [6, 6.07) is 8.39. The normalized spacial score (nSPS) is 26.9. The minimum Gasteiger partial charge on any atom is -0.342 e. The Morgan fingerprint density at radius 3 is 2.95 bits per heavy atom. The molecule has 2 fully saturated rings. The van der Waals surface area contributed by atoms with Crippen molar-refractivity contribution in [1.29, 1.82) is 0 Å². The Balaban J connectivity index is 1.70. The summed E-state index contributed by atoms with van der Waals surface area (Å²) in [5, 5.41) is 3.51. The van der Waals surface area contributed by atoms with E-state index in [1.54, 1.807) is 0 Å². The zero-order valence-corrected chi connectivity index (χ0v) is 11.4. The van der Waals surface area contributed by atoms with Gasteiger partial charge in [0.25, 0.3) is 0 Å². The summed E-state index contributed by atoms with van der Waals surface area (Å²) in [6.07, 6.45) is 2.61. The second-order valence-corrected chi connectivity index (χ2v) is 6.06. The van der Waals surface area contributed by atoms with Crippen LogP contribution in [0.4, 0.5) is 5.95 Å². The number of benzene rings is 1. The van der Waals surface area contributed by atoms with Crippen LogP contribution in [0.15, 0.2) is 24.3 Å². The van der Waals surface area contributed by atoms with Crippen LogP contribution in [-0.4, -0.2) is 35.7 Å². The molecule has 1 spiro atoms. The number of fused-ring (bicyclic) bond motifs is 1. The number of para-hydroxylation sites is 2. The number of hydrogen-bond donors (Lipinski definition) is 1. The van der Waals surface area contributed by atoms with Gasteiger partial charge in [-0.15, -0.1) is 0 Å². The predicted molar refractivity (Wildman–Crippen MR) is 77.5 cm³/mol. The van der Waals surface area contributed by atoms with Gasteiger partial charge in [0, 0.05) is 32.1 Å². The van der Waals surface area contributed by atoms with Crippen molar-refractivity contribution in [2.45, 2.75) is 12.8 Å². The molecule has 1 atom stereocenters. The average molecular weight is 256 g/mol. The molecule has 0 aliphatic carbocycles. The minimum atomic E-state index is 0.498. The maximum Gasteiger partial charge on any atom is 0.206 e. The molecule has 1 N–H and O–H groups in total. The molecule has 1 aromatic carbocycles. The van der Waals surface area contributed by atoms with E-state index in [9.17, 15) is 0 Å². The van der Waals surface area contributed by atoms with Crippen LogP contribution >= 0.6 is 0 Å². The van der Waals surface area contributed by atoms with Crippen LogP contribution in [0.2, 0.25) is 0 Å². The van der Waals surface area contributed by atoms with Gasteiger partial charge in [-0.3, -0.25) is 0 Å². The summed E-state index contributed by atoms with van der Waals surface area (Å²) in [7, 11) is 2.13. The Kier molecular flexibility index (Phi) is 2.36. The van der Waals surface area contributed by atoms with E-state index in [-0.39, 0.29) is 0 Å². The zero-order chi connectivity index (χ0) is 12.9. The lowest BCUT2D eigenvalue weighted by atomic mass is 9.87. The highest BCUT2D eigenvalue weighted by molar-refractivity contribution is 5.78. The summed E-state index contributed by atoms with van der Waals surface area (Å²) in [6.45, 7) is 4.64. The lowest BCUT2D eigenvalue weighted by Crippen LogP contribution is -2.30. The van der Waals surface area contributed by atoms with Gasteiger partial charge in [0.05, 0.1) is 11.0 Å². The van der Waals surface area contributed by atoms with Crippen LogP contribution in [0.3, 0.4) is 0 Å². The van der Waals surface area contributed by atoms with Crippen LogP contribution in [0.5, 0.6) is 0 Å². The number of imidazole rings is 1. The van der Waals surface area contributed by atoms with E-state index in [2.05, 4.69) is 46.1 Å². The lowest BCUT2D eigenvalue weighted by molar-refractivity contribution is 0.369. The van der Waals surface area contributed by atoms with Gasteiger partial charge in [0.15, 0.2) is 0 Å². The van der Waals surface area contributed by atoms with Crippen LogP contribution in [-0.2, 0) is 7.05 Å². The van der Waals surface area contributed by atoms with Crippen molar-refractivity contribution >= 4 is 17.0 Å². The Bertz CT molecular complexity index is 610. The number of hydrogen-bond acceptors (Lipinski definition) is 3. The van der Waals surface area contributed by atoms with Gasteiger partial charge >= 0.3 is 0 Å². The lowest BCUT2D eigenvalue weighted by Gasteiger charge is -2.23. The molecule has 0 saturated carbocycles. The third kappa shape index (κ3) is 1.66. The summed E-state index contributed by atoms with van der Waals surface area (Å²) in [5.74, 6) is 1.13. The quantitative estimate of drug-likeness (QED) is 0.844. The second kappa shape index (κ2) is 3.97. The molecule has 4 heteroatoms. The Morgan fingerprint density at radius 2 is 2.16 bits per heavy atom. The minimum absolute atomic E-state index is 0.498. The Hall–Kier alpha value is -1.55. The number of rotatable bonds is 1. The zero-order valence-electron chi connectivity index (χ0n) is 11.4. The first-order valence-electron chi connectivity index (χ1n) is 7.15. The van der Waals surface area contributed by atoms with E-state index < -0.39 is 0 Å². The molecule has 2 saturated heterocycles. The molecular formula is C15H20N4. The number of nitrogens with zero attached hydrogens (tertiary/aromatic N) is 3. The fourth-order valence-electron chi connectivity index (χ4n) is 3.67. The monoisotopic (exact) mass is 256 g/mol. The maximum absolute atomic E-state index is 4.82.